The van der Waals surface area contributed by atoms with E-state index in [0.717, 1.165) is 22.0 Å². The first kappa shape index (κ1) is 15.5. The fourth-order valence-electron chi connectivity index (χ4n) is 1.94. The zero-order valence-corrected chi connectivity index (χ0v) is 12.9. The van der Waals surface area contributed by atoms with Gasteiger partial charge in [0, 0.05) is 17.5 Å². The molecule has 0 saturated heterocycles. The molecule has 0 atom stereocenters. The monoisotopic (exact) mass is 306 g/mol. The highest BCUT2D eigenvalue weighted by atomic mass is 32.1. The molecule has 6 heteroatoms. The first-order chi connectivity index (χ1) is 10.1. The first-order valence-electron chi connectivity index (χ1n) is 6.66. The van der Waals surface area contributed by atoms with Crippen LogP contribution in [0.3, 0.4) is 0 Å². The number of thiazole rings is 1. The van der Waals surface area contributed by atoms with E-state index in [0.29, 0.717) is 13.2 Å². The summed E-state index contributed by atoms with van der Waals surface area (Å²) < 4.78 is 5.41. The number of carboxylic acids is 1. The van der Waals surface area contributed by atoms with Crippen molar-refractivity contribution in [2.75, 3.05) is 20.2 Å². The van der Waals surface area contributed by atoms with E-state index in [1.165, 1.54) is 0 Å². The number of hydrogen-bond donors (Lipinski definition) is 1. The topological polar surface area (TPSA) is 62.7 Å². The van der Waals surface area contributed by atoms with E-state index in [2.05, 4.69) is 4.98 Å². The van der Waals surface area contributed by atoms with E-state index in [9.17, 15) is 4.79 Å². The third-order valence-corrected chi connectivity index (χ3v) is 3.74. The lowest BCUT2D eigenvalue weighted by atomic mass is 10.2. The maximum Gasteiger partial charge on any atom is 0.317 e. The van der Waals surface area contributed by atoms with Crippen LogP contribution < -0.4 is 4.74 Å². The Bertz CT molecular complexity index is 595. The summed E-state index contributed by atoms with van der Waals surface area (Å²) in [7, 11) is 1.77. The second-order valence-electron chi connectivity index (χ2n) is 4.67. The van der Waals surface area contributed by atoms with E-state index >= 15 is 0 Å². The Balaban J connectivity index is 2.03. The minimum atomic E-state index is -0.834. The maximum atomic E-state index is 10.6. The van der Waals surface area contributed by atoms with E-state index < -0.39 is 5.97 Å². The molecule has 0 amide bonds. The zero-order valence-electron chi connectivity index (χ0n) is 12.1. The number of likely N-dealkylation sites (N-methyl/N-ethyl adjacent to an activating group) is 1. The van der Waals surface area contributed by atoms with Gasteiger partial charge in [0.25, 0.3) is 0 Å². The van der Waals surface area contributed by atoms with Gasteiger partial charge in [-0.2, -0.15) is 0 Å². The van der Waals surface area contributed by atoms with Gasteiger partial charge in [-0.3, -0.25) is 9.69 Å². The zero-order chi connectivity index (χ0) is 15.2. The Labute approximate surface area is 127 Å². The summed E-state index contributed by atoms with van der Waals surface area (Å²) in [6.07, 6.45) is 0. The van der Waals surface area contributed by atoms with E-state index in [-0.39, 0.29) is 6.54 Å². The van der Waals surface area contributed by atoms with Crippen LogP contribution in [-0.2, 0) is 11.3 Å². The smallest absolute Gasteiger partial charge is 0.317 e. The summed E-state index contributed by atoms with van der Waals surface area (Å²) >= 11 is 1.56. The third kappa shape index (κ3) is 4.54. The highest BCUT2D eigenvalue weighted by Crippen LogP contribution is 2.26. The van der Waals surface area contributed by atoms with Crippen LogP contribution in [-0.4, -0.2) is 41.2 Å². The Kier molecular flexibility index (Phi) is 5.30. The van der Waals surface area contributed by atoms with E-state index in [1.807, 2.05) is 36.6 Å². The van der Waals surface area contributed by atoms with Crippen LogP contribution in [0.2, 0.25) is 0 Å². The molecule has 0 saturated carbocycles. The van der Waals surface area contributed by atoms with Crippen molar-refractivity contribution >= 4 is 17.3 Å². The largest absolute Gasteiger partial charge is 0.494 e. The van der Waals surface area contributed by atoms with Crippen molar-refractivity contribution in [2.45, 2.75) is 13.5 Å². The second-order valence-corrected chi connectivity index (χ2v) is 5.53. The second kappa shape index (κ2) is 7.19. The molecule has 0 bridgehead atoms. The normalized spacial score (nSPS) is 10.8. The number of carbonyl (C=O) groups is 1. The van der Waals surface area contributed by atoms with Gasteiger partial charge < -0.3 is 9.84 Å². The summed E-state index contributed by atoms with van der Waals surface area (Å²) in [6, 6.07) is 7.82. The highest BCUT2D eigenvalue weighted by molar-refractivity contribution is 7.13. The molecule has 0 unspecified atom stereocenters. The molecule has 1 aromatic heterocycles. The maximum absolute atomic E-state index is 10.6. The Hall–Kier alpha value is -1.92. The van der Waals surface area contributed by atoms with Crippen molar-refractivity contribution in [2.24, 2.45) is 0 Å². The molecular weight excluding hydrogens is 288 g/mol. The van der Waals surface area contributed by atoms with Gasteiger partial charge in [-0.05, 0) is 38.2 Å². The molecule has 1 N–H and O–H groups in total. The summed E-state index contributed by atoms with van der Waals surface area (Å²) in [5.41, 5.74) is 1.92. The number of hydrogen-bond acceptors (Lipinski definition) is 5. The summed E-state index contributed by atoms with van der Waals surface area (Å²) in [6.45, 7) is 3.14. The van der Waals surface area contributed by atoms with Crippen molar-refractivity contribution in [3.63, 3.8) is 0 Å². The van der Waals surface area contributed by atoms with Gasteiger partial charge in [-0.25, -0.2) is 4.98 Å². The molecule has 2 aromatic rings. The predicted octanol–water partition coefficient (Wildman–Crippen LogP) is 2.73. The van der Waals surface area contributed by atoms with Crippen LogP contribution in [0.4, 0.5) is 0 Å². The number of ether oxygens (including phenoxy) is 1. The van der Waals surface area contributed by atoms with Gasteiger partial charge in [-0.15, -0.1) is 11.3 Å². The molecule has 0 aliphatic heterocycles. The Morgan fingerprint density at radius 3 is 2.71 bits per heavy atom. The minimum absolute atomic E-state index is 0.00983. The summed E-state index contributed by atoms with van der Waals surface area (Å²) in [5.74, 6) is 0.0127. The van der Waals surface area contributed by atoms with Gasteiger partial charge in [0.2, 0.25) is 0 Å². The number of aromatic nitrogens is 1. The van der Waals surface area contributed by atoms with Crippen LogP contribution in [0.15, 0.2) is 29.6 Å². The minimum Gasteiger partial charge on any atom is -0.494 e. The number of nitrogens with zero attached hydrogens (tertiary/aromatic N) is 2. The average Bonchev–Trinajstić information content (AvgIpc) is 2.87. The molecule has 5 nitrogen and oxygen atoms in total. The quantitative estimate of drug-likeness (QED) is 0.852. The highest BCUT2D eigenvalue weighted by Gasteiger charge is 2.09. The molecule has 1 heterocycles. The fraction of sp³-hybridized carbons (Fsp3) is 0.333. The van der Waals surface area contributed by atoms with Crippen molar-refractivity contribution in [3.8, 4) is 16.3 Å². The van der Waals surface area contributed by atoms with Gasteiger partial charge >= 0.3 is 5.97 Å². The van der Waals surface area contributed by atoms with Gasteiger partial charge in [0.05, 0.1) is 18.8 Å². The van der Waals surface area contributed by atoms with Crippen molar-refractivity contribution in [3.05, 3.63) is 35.3 Å². The van der Waals surface area contributed by atoms with Gasteiger partial charge in [0.1, 0.15) is 10.8 Å². The van der Waals surface area contributed by atoms with E-state index in [4.69, 9.17) is 9.84 Å². The molecule has 21 heavy (non-hydrogen) atoms. The van der Waals surface area contributed by atoms with E-state index in [1.54, 1.807) is 23.3 Å². The molecule has 112 valence electrons. The lowest BCUT2D eigenvalue weighted by Gasteiger charge is -2.11. The molecule has 0 radical (unpaired) electrons. The van der Waals surface area contributed by atoms with Crippen LogP contribution >= 0.6 is 11.3 Å². The third-order valence-electron chi connectivity index (χ3n) is 2.80. The molecule has 0 aliphatic carbocycles. The lowest BCUT2D eigenvalue weighted by Crippen LogP contribution is -2.25. The number of aliphatic carboxylic acids is 1. The Morgan fingerprint density at radius 2 is 2.10 bits per heavy atom. The molecule has 2 rings (SSSR count). The average molecular weight is 306 g/mol. The number of benzene rings is 1. The molecule has 0 spiro atoms. The fourth-order valence-corrected chi connectivity index (χ4v) is 2.75. The standard InChI is InChI=1S/C15H18N2O3S/c1-3-20-13-6-4-11(5-7-13)15-16-12(10-21-15)8-17(2)9-14(18)19/h4-7,10H,3,8-9H2,1-2H3,(H,18,19). The van der Waals surface area contributed by atoms with Gasteiger partial charge in [-0.1, -0.05) is 0 Å². The van der Waals surface area contributed by atoms with Crippen molar-refractivity contribution in [1.29, 1.82) is 0 Å². The number of carboxylic acid groups (broad SMARTS) is 1. The lowest BCUT2D eigenvalue weighted by molar-refractivity contribution is -0.138. The van der Waals surface area contributed by atoms with Crippen LogP contribution in [0.5, 0.6) is 5.75 Å². The van der Waals surface area contributed by atoms with Crippen molar-refractivity contribution in [1.82, 2.24) is 9.88 Å². The molecule has 0 fully saturated rings. The number of rotatable bonds is 7. The summed E-state index contributed by atoms with van der Waals surface area (Å²) in [4.78, 5) is 16.9. The molecular formula is C15H18N2O3S. The summed E-state index contributed by atoms with van der Waals surface area (Å²) in [5, 5.41) is 11.6. The van der Waals surface area contributed by atoms with Gasteiger partial charge in [0.15, 0.2) is 0 Å². The SMILES string of the molecule is CCOc1ccc(-c2nc(CN(C)CC(=O)O)cs2)cc1. The van der Waals surface area contributed by atoms with Crippen LogP contribution in [0, 0.1) is 0 Å². The van der Waals surface area contributed by atoms with Crippen molar-refractivity contribution < 1.29 is 14.6 Å². The molecule has 1 aromatic carbocycles. The van der Waals surface area contributed by atoms with Crippen LogP contribution in [0.1, 0.15) is 12.6 Å². The molecule has 0 aliphatic rings. The Morgan fingerprint density at radius 1 is 1.38 bits per heavy atom. The van der Waals surface area contributed by atoms with Crippen LogP contribution in [0.25, 0.3) is 10.6 Å². The first-order valence-corrected chi connectivity index (χ1v) is 7.54. The predicted molar refractivity (Wildman–Crippen MR) is 82.7 cm³/mol.